The molecule has 2 aliphatic rings. The van der Waals surface area contributed by atoms with E-state index in [9.17, 15) is 5.11 Å². The summed E-state index contributed by atoms with van der Waals surface area (Å²) in [5.41, 5.74) is -0.125. The van der Waals surface area contributed by atoms with Crippen molar-refractivity contribution in [3.05, 3.63) is 12.0 Å². The van der Waals surface area contributed by atoms with E-state index in [0.29, 0.717) is 5.76 Å². The van der Waals surface area contributed by atoms with Gasteiger partial charge in [0.1, 0.15) is 5.41 Å². The minimum absolute atomic E-state index is 0.125. The first-order chi connectivity index (χ1) is 4.73. The Bertz CT molecular complexity index is 227. The van der Waals surface area contributed by atoms with Gasteiger partial charge in [0, 0.05) is 0 Å². The Morgan fingerprint density at radius 3 is 3.20 bits per heavy atom. The number of hydrogen-bond donors (Lipinski definition) is 1. The van der Waals surface area contributed by atoms with Crippen LogP contribution in [0.25, 0.3) is 0 Å². The lowest BCUT2D eigenvalue weighted by Crippen LogP contribution is -2.20. The maximum Gasteiger partial charge on any atom is 0.356 e. The monoisotopic (exact) mass is 139 g/mol. The van der Waals surface area contributed by atoms with Crippen LogP contribution in [-0.2, 0) is 4.42 Å². The molecule has 1 aliphatic heterocycles. The molecule has 0 aromatic carbocycles. The van der Waals surface area contributed by atoms with Gasteiger partial charge in [0.2, 0.25) is 5.76 Å². The van der Waals surface area contributed by atoms with Gasteiger partial charge in [-0.25, -0.2) is 4.42 Å². The molecule has 2 rings (SSSR count). The van der Waals surface area contributed by atoms with Gasteiger partial charge in [-0.2, -0.15) is 0 Å². The highest BCUT2D eigenvalue weighted by atomic mass is 16.4. The van der Waals surface area contributed by atoms with Gasteiger partial charge in [-0.3, -0.25) is 0 Å². The van der Waals surface area contributed by atoms with Crippen LogP contribution in [0.4, 0.5) is 0 Å². The Kier molecular flexibility index (Phi) is 0.967. The number of hydrogen-bond acceptors (Lipinski definition) is 1. The molecule has 0 saturated heterocycles. The average molecular weight is 139 g/mol. The Balaban J connectivity index is 2.42. The fraction of sp³-hybridized carbons (Fsp3) is 0.625. The molecule has 1 unspecified atom stereocenters. The first-order valence-electron chi connectivity index (χ1n) is 3.66. The lowest BCUT2D eigenvalue weighted by molar-refractivity contribution is -0.372. The second-order valence-electron chi connectivity index (χ2n) is 3.23. The quantitative estimate of drug-likeness (QED) is 0.509. The molecule has 0 amide bonds. The van der Waals surface area contributed by atoms with E-state index in [1.807, 2.05) is 6.92 Å². The van der Waals surface area contributed by atoms with Gasteiger partial charge in [0.15, 0.2) is 0 Å². The van der Waals surface area contributed by atoms with E-state index >= 15 is 0 Å². The molecule has 0 aromatic heterocycles. The lowest BCUT2D eigenvalue weighted by atomic mass is 9.87. The van der Waals surface area contributed by atoms with E-state index < -0.39 is 0 Å². The molecular weight excluding hydrogens is 128 g/mol. The zero-order valence-electron chi connectivity index (χ0n) is 6.05. The van der Waals surface area contributed by atoms with E-state index in [-0.39, 0.29) is 5.41 Å². The molecule has 2 nitrogen and oxygen atoms in total. The maximum absolute atomic E-state index is 9.37. The molecule has 2 heteroatoms. The van der Waals surface area contributed by atoms with Crippen molar-refractivity contribution in [2.45, 2.75) is 26.2 Å². The van der Waals surface area contributed by atoms with Crippen LogP contribution in [0, 0.1) is 5.41 Å². The summed E-state index contributed by atoms with van der Waals surface area (Å²) < 4.78 is 5.20. The lowest BCUT2D eigenvalue weighted by Gasteiger charge is -2.09. The highest BCUT2D eigenvalue weighted by Gasteiger charge is 2.52. The predicted octanol–water partition coefficient (Wildman–Crippen LogP) is 1.69. The van der Waals surface area contributed by atoms with Crippen molar-refractivity contribution in [3.63, 3.8) is 0 Å². The molecule has 0 aromatic rings. The molecule has 10 heavy (non-hydrogen) atoms. The highest BCUT2D eigenvalue weighted by molar-refractivity contribution is 5.90. The molecule has 1 atom stereocenters. The molecule has 0 radical (unpaired) electrons. The average Bonchev–Trinajstić information content (AvgIpc) is 2.36. The fourth-order valence-electron chi connectivity index (χ4n) is 1.73. The summed E-state index contributed by atoms with van der Waals surface area (Å²) in [7, 11) is 0. The van der Waals surface area contributed by atoms with Crippen LogP contribution >= 0.6 is 0 Å². The summed E-state index contributed by atoms with van der Waals surface area (Å²) in [5, 5.41) is 9.37. The van der Waals surface area contributed by atoms with Crippen LogP contribution in [-0.4, -0.2) is 10.9 Å². The summed E-state index contributed by atoms with van der Waals surface area (Å²) in [6, 6.07) is 0. The molecule has 54 valence electrons. The van der Waals surface area contributed by atoms with Gasteiger partial charge in [0.05, 0.1) is 6.42 Å². The van der Waals surface area contributed by atoms with E-state index in [0.717, 1.165) is 25.0 Å². The number of rotatable bonds is 0. The van der Waals surface area contributed by atoms with Gasteiger partial charge < -0.3 is 5.11 Å². The largest absolute Gasteiger partial charge is 0.504 e. The molecule has 1 saturated carbocycles. The van der Waals surface area contributed by atoms with Gasteiger partial charge in [-0.15, -0.1) is 0 Å². The number of allylic oxidation sites excluding steroid dienone is 1. The summed E-state index contributed by atoms with van der Waals surface area (Å²) in [4.78, 5) is 0. The first-order valence-corrected chi connectivity index (χ1v) is 3.66. The van der Waals surface area contributed by atoms with Crippen molar-refractivity contribution in [2.75, 3.05) is 0 Å². The predicted molar refractivity (Wildman–Crippen MR) is 37.7 cm³/mol. The molecule has 1 aliphatic carbocycles. The van der Waals surface area contributed by atoms with E-state index in [2.05, 4.69) is 0 Å². The van der Waals surface area contributed by atoms with Crippen molar-refractivity contribution >= 4 is 5.78 Å². The van der Waals surface area contributed by atoms with E-state index in [1.165, 1.54) is 6.26 Å². The first kappa shape index (κ1) is 5.96. The number of aliphatic hydroxyl groups is 1. The Morgan fingerprint density at radius 1 is 1.70 bits per heavy atom. The molecular formula is C8H11O2+. The summed E-state index contributed by atoms with van der Waals surface area (Å²) in [5.74, 6) is 1.45. The minimum atomic E-state index is -0.125. The van der Waals surface area contributed by atoms with Crippen LogP contribution in [0.15, 0.2) is 12.0 Å². The molecule has 1 heterocycles. The standard InChI is InChI=1S/C8H10O2/c1-8-4-2-3-7(8)10-5-6(8)9/h5H,2-4H2,1H3/p+1. The molecule has 1 fully saturated rings. The van der Waals surface area contributed by atoms with Crippen molar-refractivity contribution in [2.24, 2.45) is 5.41 Å². The maximum atomic E-state index is 9.37. The van der Waals surface area contributed by atoms with Crippen molar-refractivity contribution < 1.29 is 9.53 Å². The van der Waals surface area contributed by atoms with Crippen LogP contribution in [0.1, 0.15) is 26.2 Å². The third kappa shape index (κ3) is 0.516. The van der Waals surface area contributed by atoms with E-state index in [4.69, 9.17) is 4.42 Å². The zero-order chi connectivity index (χ0) is 7.19. The molecule has 0 bridgehead atoms. The van der Waals surface area contributed by atoms with Crippen molar-refractivity contribution in [3.8, 4) is 0 Å². The second-order valence-corrected chi connectivity index (χ2v) is 3.23. The Labute approximate surface area is 59.9 Å². The number of carbonyl (C=O) groups excluding carboxylic acids is 1. The molecule has 0 spiro atoms. The normalized spacial score (nSPS) is 37.3. The second kappa shape index (κ2) is 1.62. The van der Waals surface area contributed by atoms with Crippen molar-refractivity contribution in [1.29, 1.82) is 0 Å². The summed E-state index contributed by atoms with van der Waals surface area (Å²) >= 11 is 0. The van der Waals surface area contributed by atoms with Gasteiger partial charge in [0.25, 0.3) is 0 Å². The third-order valence-electron chi connectivity index (χ3n) is 2.57. The highest BCUT2D eigenvalue weighted by Crippen LogP contribution is 2.42. The van der Waals surface area contributed by atoms with Crippen molar-refractivity contribution in [1.82, 2.24) is 0 Å². The number of ketones is 1. The zero-order valence-corrected chi connectivity index (χ0v) is 6.05. The van der Waals surface area contributed by atoms with Crippen LogP contribution < -0.4 is 0 Å². The van der Waals surface area contributed by atoms with Crippen LogP contribution in [0.5, 0.6) is 0 Å². The van der Waals surface area contributed by atoms with Gasteiger partial charge in [-0.05, 0) is 19.8 Å². The SMILES string of the molecule is CC12CCCC1=[O+]C=C2O. The number of fused-ring (bicyclic) bond motifs is 1. The summed E-state index contributed by atoms with van der Waals surface area (Å²) in [6.45, 7) is 2.04. The fourth-order valence-corrected chi connectivity index (χ4v) is 1.73. The third-order valence-corrected chi connectivity index (χ3v) is 2.57. The summed E-state index contributed by atoms with van der Waals surface area (Å²) in [6.07, 6.45) is 4.65. The Hall–Kier alpha value is -0.790. The van der Waals surface area contributed by atoms with Crippen LogP contribution in [0.3, 0.4) is 0 Å². The van der Waals surface area contributed by atoms with Gasteiger partial charge in [-0.1, -0.05) is 0 Å². The Morgan fingerprint density at radius 2 is 2.50 bits per heavy atom. The number of aliphatic hydroxyl groups excluding tert-OH is 1. The minimum Gasteiger partial charge on any atom is -0.504 e. The van der Waals surface area contributed by atoms with Crippen LogP contribution in [0.2, 0.25) is 0 Å². The molecule has 1 N–H and O–H groups in total. The topological polar surface area (TPSA) is 31.5 Å². The van der Waals surface area contributed by atoms with Gasteiger partial charge >= 0.3 is 12.0 Å². The van der Waals surface area contributed by atoms with E-state index in [1.54, 1.807) is 0 Å². The smallest absolute Gasteiger partial charge is 0.356 e.